The van der Waals surface area contributed by atoms with Crippen LogP contribution in [0, 0.1) is 5.92 Å². The number of phenols is 1. The van der Waals surface area contributed by atoms with Gasteiger partial charge >= 0.3 is 7.75 Å². The van der Waals surface area contributed by atoms with Crippen molar-refractivity contribution < 1.29 is 34.5 Å². The fourth-order valence-electron chi connectivity index (χ4n) is 2.15. The molecule has 9 heteroatoms. The van der Waals surface area contributed by atoms with Crippen LogP contribution in [-0.2, 0) is 15.8 Å². The maximum Gasteiger partial charge on any atom is 0.448 e. The lowest BCUT2D eigenvalue weighted by Gasteiger charge is -2.19. The molecule has 1 aliphatic carbocycles. The van der Waals surface area contributed by atoms with Crippen molar-refractivity contribution in [3.8, 4) is 5.75 Å². The highest BCUT2D eigenvalue weighted by molar-refractivity contribution is 7.50. The third-order valence-electron chi connectivity index (χ3n) is 3.07. The van der Waals surface area contributed by atoms with Gasteiger partial charge in [0.25, 0.3) is 0 Å². The number of aliphatic hydroxyl groups is 2. The first-order valence-electron chi connectivity index (χ1n) is 6.43. The van der Waals surface area contributed by atoms with Gasteiger partial charge < -0.3 is 25.1 Å². The van der Waals surface area contributed by atoms with E-state index in [9.17, 15) is 24.7 Å². The van der Waals surface area contributed by atoms with E-state index in [0.29, 0.717) is 5.56 Å². The monoisotopic (exact) mass is 339 g/mol. The first-order chi connectivity index (χ1) is 10.7. The molecule has 1 aliphatic rings. The van der Waals surface area contributed by atoms with E-state index in [1.54, 1.807) is 0 Å². The van der Waals surface area contributed by atoms with Gasteiger partial charge in [-0.2, -0.15) is 4.76 Å². The second-order valence-electron chi connectivity index (χ2n) is 4.92. The van der Waals surface area contributed by atoms with E-state index in [1.165, 1.54) is 24.3 Å². The fraction of sp³-hybridized carbons (Fsp3) is 0.143. The Kier molecular flexibility index (Phi) is 4.70. The number of ketones is 1. The number of hydrogen-bond acceptors (Lipinski definition) is 5. The van der Waals surface area contributed by atoms with Crippen molar-refractivity contribution in [2.75, 3.05) is 0 Å². The van der Waals surface area contributed by atoms with Crippen molar-refractivity contribution in [3.05, 3.63) is 53.5 Å². The quantitative estimate of drug-likeness (QED) is 0.523. The summed E-state index contributed by atoms with van der Waals surface area (Å²) >= 11 is 0. The molecule has 0 spiro atoms. The predicted octanol–water partition coefficient (Wildman–Crippen LogP) is 1.55. The van der Waals surface area contributed by atoms with Gasteiger partial charge in [0.05, 0.1) is 5.71 Å². The highest BCUT2D eigenvalue weighted by Crippen LogP contribution is 2.38. The molecule has 0 aromatic heterocycles. The van der Waals surface area contributed by atoms with Crippen molar-refractivity contribution in [2.24, 2.45) is 10.7 Å². The maximum absolute atomic E-state index is 12.4. The number of benzene rings is 1. The van der Waals surface area contributed by atoms with Gasteiger partial charge in [-0.05, 0) is 17.7 Å². The van der Waals surface area contributed by atoms with Crippen molar-refractivity contribution in [1.82, 2.24) is 0 Å². The van der Waals surface area contributed by atoms with Crippen LogP contribution in [0.4, 0.5) is 0 Å². The van der Waals surface area contributed by atoms with Gasteiger partial charge in [0, 0.05) is 18.6 Å². The Balaban J connectivity index is 2.32. The molecule has 5 N–H and O–H groups in total. The minimum Gasteiger partial charge on any atom is -0.511 e. The second kappa shape index (κ2) is 6.37. The highest BCUT2D eigenvalue weighted by Gasteiger charge is 2.32. The number of Topliss-reactive ketones (excluding diaryl/α,β-unsaturated/α-hetero) is 1. The fourth-order valence-corrected chi connectivity index (χ4v) is 2.62. The van der Waals surface area contributed by atoms with Crippen molar-refractivity contribution >= 4 is 19.2 Å². The highest BCUT2D eigenvalue weighted by atomic mass is 31.2. The Hall–Kier alpha value is -2.41. The molecule has 0 fully saturated rings. The Bertz CT molecular complexity index is 758. The molecule has 0 aliphatic heterocycles. The average Bonchev–Trinajstić information content (AvgIpc) is 2.38. The number of allylic oxidation sites excluding steroid dienone is 3. The van der Waals surface area contributed by atoms with Crippen LogP contribution in [0.5, 0.6) is 5.75 Å². The van der Waals surface area contributed by atoms with Gasteiger partial charge in [-0.1, -0.05) is 12.1 Å². The summed E-state index contributed by atoms with van der Waals surface area (Å²) < 4.78 is 14.1. The molecule has 0 radical (unpaired) electrons. The van der Waals surface area contributed by atoms with Crippen molar-refractivity contribution in [1.29, 1.82) is 0 Å². The molecule has 2 rings (SSSR count). The van der Waals surface area contributed by atoms with Gasteiger partial charge in [0.1, 0.15) is 23.2 Å². The van der Waals surface area contributed by atoms with Gasteiger partial charge in [-0.3, -0.25) is 4.79 Å². The number of rotatable bonds is 4. The number of carbonyl (C=O) groups excluding carboxylic acids is 1. The van der Waals surface area contributed by atoms with E-state index in [4.69, 9.17) is 9.79 Å². The maximum atomic E-state index is 12.4. The minimum absolute atomic E-state index is 0.0261. The normalized spacial score (nSPS) is 20.1. The summed E-state index contributed by atoms with van der Waals surface area (Å²) in [5.74, 6) is -2.95. The van der Waals surface area contributed by atoms with Gasteiger partial charge in [-0.25, -0.2) is 4.57 Å². The summed E-state index contributed by atoms with van der Waals surface area (Å²) in [5.41, 5.74) is 0.120. The largest absolute Gasteiger partial charge is 0.511 e. The third kappa shape index (κ3) is 4.53. The van der Waals surface area contributed by atoms with Crippen LogP contribution in [0.2, 0.25) is 0 Å². The number of hydrogen-bond donors (Lipinski definition) is 5. The molecule has 0 amide bonds. The summed E-state index contributed by atoms with van der Waals surface area (Å²) in [4.78, 5) is 30.2. The number of nitrogens with zero attached hydrogens (tertiary/aromatic N) is 1. The summed E-state index contributed by atoms with van der Waals surface area (Å²) in [6.07, 6.45) is 1.67. The lowest BCUT2D eigenvalue weighted by molar-refractivity contribution is -0.120. The molecule has 1 aromatic rings. The van der Waals surface area contributed by atoms with Crippen molar-refractivity contribution in [3.63, 3.8) is 0 Å². The first kappa shape index (κ1) is 17.0. The van der Waals surface area contributed by atoms with Crippen LogP contribution in [-0.4, -0.2) is 36.6 Å². The Morgan fingerprint density at radius 2 is 1.70 bits per heavy atom. The van der Waals surface area contributed by atoms with Gasteiger partial charge in [-0.15, -0.1) is 0 Å². The molecule has 0 saturated heterocycles. The average molecular weight is 339 g/mol. The Morgan fingerprint density at radius 3 is 2.26 bits per heavy atom. The zero-order chi connectivity index (χ0) is 17.2. The Labute approximate surface area is 131 Å². The predicted molar refractivity (Wildman–Crippen MR) is 81.2 cm³/mol. The second-order valence-corrected chi connectivity index (χ2v) is 6.15. The number of aliphatic hydroxyl groups excluding tert-OH is 2. The molecular weight excluding hydrogens is 325 g/mol. The van der Waals surface area contributed by atoms with E-state index < -0.39 is 36.7 Å². The molecule has 0 bridgehead atoms. The molecule has 1 atom stereocenters. The summed E-state index contributed by atoms with van der Waals surface area (Å²) in [5, 5.41) is 28.5. The van der Waals surface area contributed by atoms with Gasteiger partial charge in [0.2, 0.25) is 0 Å². The van der Waals surface area contributed by atoms with E-state index in [-0.39, 0.29) is 12.2 Å². The van der Waals surface area contributed by atoms with Crippen LogP contribution in [0.25, 0.3) is 0 Å². The van der Waals surface area contributed by atoms with Crippen LogP contribution in [0.15, 0.2) is 52.7 Å². The van der Waals surface area contributed by atoms with Crippen LogP contribution in [0.1, 0.15) is 5.56 Å². The summed E-state index contributed by atoms with van der Waals surface area (Å²) in [6, 6.07) is 5.78. The third-order valence-corrected chi connectivity index (χ3v) is 3.56. The molecular formula is C14H14NO7P. The molecule has 0 saturated carbocycles. The summed E-state index contributed by atoms with van der Waals surface area (Å²) in [7, 11) is -4.84. The Morgan fingerprint density at radius 1 is 1.09 bits per heavy atom. The topological polar surface area (TPSA) is 148 Å². The smallest absolute Gasteiger partial charge is 0.448 e. The molecule has 122 valence electrons. The lowest BCUT2D eigenvalue weighted by Crippen LogP contribution is -2.29. The van der Waals surface area contributed by atoms with E-state index >= 15 is 0 Å². The first-order valence-corrected chi connectivity index (χ1v) is 8.00. The number of phenolic OH excluding ortho intramolecular Hbond substituents is 1. The SMILES string of the molecule is O=C(Cc1ccc(O)cc1)C1C(O)=CC(O)=CC1=NP(=O)(O)O. The van der Waals surface area contributed by atoms with Crippen LogP contribution < -0.4 is 0 Å². The lowest BCUT2D eigenvalue weighted by atomic mass is 9.88. The standard InChI is InChI=1S/C14H14NO7P/c16-9-3-1-8(2-4-9)5-12(18)14-11(15-23(20,21)22)6-10(17)7-13(14)19/h1-4,6-7,14,16-17,19H,5H2,(H2,20,21,22). The molecule has 0 heterocycles. The van der Waals surface area contributed by atoms with E-state index in [1.807, 2.05) is 0 Å². The molecule has 1 unspecified atom stereocenters. The molecule has 1 aromatic carbocycles. The van der Waals surface area contributed by atoms with Crippen LogP contribution >= 0.6 is 7.75 Å². The minimum atomic E-state index is -4.84. The molecule has 23 heavy (non-hydrogen) atoms. The van der Waals surface area contributed by atoms with Gasteiger partial charge in [0.15, 0.2) is 5.78 Å². The number of carbonyl (C=O) groups is 1. The van der Waals surface area contributed by atoms with Crippen molar-refractivity contribution in [2.45, 2.75) is 6.42 Å². The van der Waals surface area contributed by atoms with E-state index in [2.05, 4.69) is 4.76 Å². The summed E-state index contributed by atoms with van der Waals surface area (Å²) in [6.45, 7) is 0. The molecule has 8 nitrogen and oxygen atoms in total. The zero-order valence-electron chi connectivity index (χ0n) is 11.7. The van der Waals surface area contributed by atoms with E-state index in [0.717, 1.165) is 12.2 Å². The zero-order valence-corrected chi connectivity index (χ0v) is 12.6. The van der Waals surface area contributed by atoms with Crippen LogP contribution in [0.3, 0.4) is 0 Å². The number of aromatic hydroxyl groups is 1.